The maximum Gasteiger partial charge on any atom is 0.319 e. The number of nitrogens with zero attached hydrogens (tertiary/aromatic N) is 5. The van der Waals surface area contributed by atoms with Crippen LogP contribution in [0.1, 0.15) is 31.2 Å². The van der Waals surface area contributed by atoms with Gasteiger partial charge in [0.2, 0.25) is 5.91 Å². The molecule has 44 heavy (non-hydrogen) atoms. The molecule has 3 aliphatic rings. The fourth-order valence-electron chi connectivity index (χ4n) is 6.78. The minimum atomic E-state index is -0.970. The van der Waals surface area contributed by atoms with Crippen LogP contribution in [-0.2, 0) is 9.53 Å². The number of benzene rings is 2. The maximum absolute atomic E-state index is 16.6. The summed E-state index contributed by atoms with van der Waals surface area (Å²) >= 11 is 0. The summed E-state index contributed by atoms with van der Waals surface area (Å²) in [5, 5.41) is 11.2. The van der Waals surface area contributed by atoms with E-state index >= 15 is 4.39 Å². The summed E-state index contributed by atoms with van der Waals surface area (Å²) in [4.78, 5) is 29.9. The Morgan fingerprint density at radius 2 is 2.07 bits per heavy atom. The predicted molar refractivity (Wildman–Crippen MR) is 156 cm³/mol. The van der Waals surface area contributed by atoms with Crippen LogP contribution < -0.4 is 9.64 Å². The summed E-state index contributed by atoms with van der Waals surface area (Å²) in [6.07, 6.45) is 8.06. The molecule has 0 saturated carbocycles. The number of rotatable bonds is 5. The molecule has 2 unspecified atom stereocenters. The summed E-state index contributed by atoms with van der Waals surface area (Å²) < 4.78 is 57.3. The number of alkyl halides is 1. The highest BCUT2D eigenvalue weighted by Gasteiger charge is 2.49. The van der Waals surface area contributed by atoms with Gasteiger partial charge in [0.1, 0.15) is 35.6 Å². The molecule has 2 aromatic heterocycles. The van der Waals surface area contributed by atoms with Gasteiger partial charge in [-0.05, 0) is 43.0 Å². The Hall–Kier alpha value is -4.47. The average molecular weight is 604 g/mol. The molecule has 3 aliphatic heterocycles. The van der Waals surface area contributed by atoms with Gasteiger partial charge >= 0.3 is 6.01 Å². The third-order valence-electron chi connectivity index (χ3n) is 8.80. The Morgan fingerprint density at radius 1 is 1.20 bits per heavy atom. The lowest BCUT2D eigenvalue weighted by Crippen LogP contribution is -2.43. The van der Waals surface area contributed by atoms with Crippen LogP contribution in [0.15, 0.2) is 30.5 Å². The molecule has 1 N–H and O–H groups in total. The number of halogens is 3. The van der Waals surface area contributed by atoms with Gasteiger partial charge in [0.25, 0.3) is 0 Å². The number of aromatic nitrogens is 3. The molecule has 3 fully saturated rings. The average Bonchev–Trinajstić information content (AvgIpc) is 3.44. The molecule has 2 atom stereocenters. The van der Waals surface area contributed by atoms with E-state index in [0.29, 0.717) is 18.4 Å². The molecule has 1 amide bonds. The fourth-order valence-corrected chi connectivity index (χ4v) is 6.78. The number of hydrogen-bond donors (Lipinski definition) is 1. The SMILES string of the molecule is C#Cc1c(F)ccc2cc(O)cc(-c3ncc4c(N5CCOCCC5=O)nc(OCC56CCCN5CC(F)C6)nc4c3F)c12. The Bertz CT molecular complexity index is 1860. The predicted octanol–water partition coefficient (Wildman–Crippen LogP) is 4.52. The van der Waals surface area contributed by atoms with Crippen molar-refractivity contribution >= 4 is 33.4 Å². The second-order valence-electron chi connectivity index (χ2n) is 11.4. The molecule has 7 rings (SSSR count). The number of hydrogen-bond acceptors (Lipinski definition) is 8. The molecule has 2 aromatic carbocycles. The van der Waals surface area contributed by atoms with Crippen LogP contribution in [0.4, 0.5) is 19.0 Å². The standard InChI is InChI=1S/C32H28F3N5O4/c1-2-21-24(34)5-4-18-12-20(41)13-22(26(18)21)28-27(35)29-23(15-36-28)30(40-9-11-43-10-6-25(40)42)38-31(37-29)44-17-32-7-3-8-39(32)16-19(33)14-32/h1,4-5,12-13,15,19,41H,3,6-11,14,16-17H2. The Labute approximate surface area is 250 Å². The summed E-state index contributed by atoms with van der Waals surface area (Å²) in [6.45, 7) is 1.83. The number of terminal acetylenes is 1. The Kier molecular flexibility index (Phi) is 7.02. The van der Waals surface area contributed by atoms with Crippen molar-refractivity contribution in [3.8, 4) is 35.4 Å². The lowest BCUT2D eigenvalue weighted by atomic mass is 9.95. The molecule has 12 heteroatoms. The zero-order valence-corrected chi connectivity index (χ0v) is 23.7. The Balaban J connectivity index is 1.40. The van der Waals surface area contributed by atoms with E-state index in [1.165, 1.54) is 35.4 Å². The molecule has 226 valence electrons. The molecule has 0 spiro atoms. The van der Waals surface area contributed by atoms with Gasteiger partial charge in [0, 0.05) is 30.1 Å². The van der Waals surface area contributed by atoms with Crippen LogP contribution in [-0.4, -0.2) is 82.0 Å². The van der Waals surface area contributed by atoms with Crippen LogP contribution in [0.5, 0.6) is 11.8 Å². The highest BCUT2D eigenvalue weighted by Crippen LogP contribution is 2.41. The minimum Gasteiger partial charge on any atom is -0.508 e. The van der Waals surface area contributed by atoms with Gasteiger partial charge in [0.05, 0.1) is 42.7 Å². The van der Waals surface area contributed by atoms with Crippen molar-refractivity contribution in [3.05, 3.63) is 47.7 Å². The van der Waals surface area contributed by atoms with E-state index in [-0.39, 0.29) is 89.4 Å². The summed E-state index contributed by atoms with van der Waals surface area (Å²) in [5.74, 6) is 0.362. The van der Waals surface area contributed by atoms with Crippen LogP contribution in [0.3, 0.4) is 0 Å². The van der Waals surface area contributed by atoms with E-state index in [1.54, 1.807) is 0 Å². The van der Waals surface area contributed by atoms with E-state index in [2.05, 4.69) is 25.8 Å². The van der Waals surface area contributed by atoms with Gasteiger partial charge in [-0.1, -0.05) is 12.0 Å². The summed E-state index contributed by atoms with van der Waals surface area (Å²) in [6, 6.07) is 5.09. The van der Waals surface area contributed by atoms with Crippen LogP contribution >= 0.6 is 0 Å². The third-order valence-corrected chi connectivity index (χ3v) is 8.80. The number of aromatic hydroxyl groups is 1. The quantitative estimate of drug-likeness (QED) is 0.333. The number of carbonyl (C=O) groups is 1. The first-order valence-electron chi connectivity index (χ1n) is 14.5. The number of ether oxygens (including phenoxy) is 2. The van der Waals surface area contributed by atoms with E-state index in [1.807, 2.05) is 0 Å². The number of carbonyl (C=O) groups excluding carboxylic acids is 1. The van der Waals surface area contributed by atoms with Crippen molar-refractivity contribution in [1.82, 2.24) is 19.9 Å². The number of fused-ring (bicyclic) bond motifs is 3. The molecule has 5 heterocycles. The van der Waals surface area contributed by atoms with E-state index in [0.717, 1.165) is 19.4 Å². The lowest BCUT2D eigenvalue weighted by Gasteiger charge is -2.31. The molecule has 0 radical (unpaired) electrons. The second-order valence-corrected chi connectivity index (χ2v) is 11.4. The molecular formula is C32H28F3N5O4. The first kappa shape index (κ1) is 28.3. The molecular weight excluding hydrogens is 575 g/mol. The van der Waals surface area contributed by atoms with Gasteiger partial charge in [-0.25, -0.2) is 13.2 Å². The topological polar surface area (TPSA) is 101 Å². The summed E-state index contributed by atoms with van der Waals surface area (Å²) in [7, 11) is 0. The van der Waals surface area contributed by atoms with Crippen LogP contribution in [0.2, 0.25) is 0 Å². The Morgan fingerprint density at radius 3 is 2.91 bits per heavy atom. The molecule has 0 bridgehead atoms. The lowest BCUT2D eigenvalue weighted by molar-refractivity contribution is -0.118. The number of amides is 1. The molecule has 0 aliphatic carbocycles. The van der Waals surface area contributed by atoms with Gasteiger partial charge in [0.15, 0.2) is 11.6 Å². The molecule has 3 saturated heterocycles. The molecule has 9 nitrogen and oxygen atoms in total. The van der Waals surface area contributed by atoms with Gasteiger partial charge in [-0.3, -0.25) is 19.6 Å². The van der Waals surface area contributed by atoms with Crippen molar-refractivity contribution in [2.75, 3.05) is 44.4 Å². The fraction of sp³-hybridized carbons (Fsp3) is 0.375. The number of phenols is 1. The highest BCUT2D eigenvalue weighted by atomic mass is 19.1. The zero-order chi connectivity index (χ0) is 30.6. The van der Waals surface area contributed by atoms with Crippen molar-refractivity contribution in [2.45, 2.75) is 37.4 Å². The first-order valence-corrected chi connectivity index (χ1v) is 14.5. The van der Waals surface area contributed by atoms with Crippen molar-refractivity contribution in [1.29, 1.82) is 0 Å². The third kappa shape index (κ3) is 4.67. The number of anilines is 1. The normalized spacial score (nSPS) is 22.4. The van der Waals surface area contributed by atoms with E-state index < -0.39 is 23.3 Å². The monoisotopic (exact) mass is 603 g/mol. The number of pyridine rings is 1. The van der Waals surface area contributed by atoms with Crippen molar-refractivity contribution in [3.63, 3.8) is 0 Å². The maximum atomic E-state index is 16.6. The largest absolute Gasteiger partial charge is 0.508 e. The van der Waals surface area contributed by atoms with E-state index in [9.17, 15) is 18.7 Å². The second kappa shape index (κ2) is 10.9. The molecule has 4 aromatic rings. The van der Waals surface area contributed by atoms with Gasteiger partial charge in [-0.15, -0.1) is 6.42 Å². The van der Waals surface area contributed by atoms with Gasteiger partial charge < -0.3 is 14.6 Å². The van der Waals surface area contributed by atoms with Gasteiger partial charge in [-0.2, -0.15) is 9.97 Å². The van der Waals surface area contributed by atoms with Crippen molar-refractivity contribution in [2.24, 2.45) is 0 Å². The van der Waals surface area contributed by atoms with Crippen LogP contribution in [0, 0.1) is 24.0 Å². The summed E-state index contributed by atoms with van der Waals surface area (Å²) in [5.41, 5.74) is -0.988. The van der Waals surface area contributed by atoms with Crippen LogP contribution in [0.25, 0.3) is 32.9 Å². The number of phenolic OH excluding ortho intramolecular Hbond substituents is 1. The van der Waals surface area contributed by atoms with Crippen molar-refractivity contribution < 1.29 is 32.5 Å². The van der Waals surface area contributed by atoms with E-state index in [4.69, 9.17) is 15.9 Å². The smallest absolute Gasteiger partial charge is 0.319 e. The minimum absolute atomic E-state index is 0.0640. The first-order chi connectivity index (χ1) is 21.3. The zero-order valence-electron chi connectivity index (χ0n) is 23.7. The highest BCUT2D eigenvalue weighted by molar-refractivity contribution is 6.05.